The van der Waals surface area contributed by atoms with Crippen LogP contribution >= 0.6 is 0 Å². The van der Waals surface area contributed by atoms with E-state index in [4.69, 9.17) is 0 Å². The summed E-state index contributed by atoms with van der Waals surface area (Å²) in [6.45, 7) is 3.10. The molecule has 0 saturated carbocycles. The van der Waals surface area contributed by atoms with E-state index >= 15 is 0 Å². The van der Waals surface area contributed by atoms with Crippen molar-refractivity contribution in [1.29, 1.82) is 0 Å². The van der Waals surface area contributed by atoms with Gasteiger partial charge in [0.25, 0.3) is 0 Å². The second-order valence-electron chi connectivity index (χ2n) is 4.61. The Labute approximate surface area is 112 Å². The van der Waals surface area contributed by atoms with Crippen LogP contribution in [0.5, 0.6) is 0 Å². The number of hydrogen-bond acceptors (Lipinski definition) is 3. The molecule has 1 aliphatic heterocycles. The van der Waals surface area contributed by atoms with E-state index in [1.54, 1.807) is 30.3 Å². The Bertz CT molecular complexity index is 466. The van der Waals surface area contributed by atoms with E-state index in [0.29, 0.717) is 11.5 Å². The second-order valence-corrected chi connectivity index (χ2v) is 4.61. The van der Waals surface area contributed by atoms with Crippen LogP contribution in [0.2, 0.25) is 0 Å². The molecule has 2 heterocycles. The minimum absolute atomic E-state index is 0.0821. The normalized spacial score (nSPS) is 14.3. The summed E-state index contributed by atoms with van der Waals surface area (Å²) in [5.74, 6) is 0.480. The Hall–Kier alpha value is -2.11. The Balaban J connectivity index is 1.98. The van der Waals surface area contributed by atoms with Crippen molar-refractivity contribution in [3.63, 3.8) is 0 Å². The Morgan fingerprint density at radius 2 is 2.00 bits per heavy atom. The van der Waals surface area contributed by atoms with Gasteiger partial charge in [0.05, 0.1) is 11.9 Å². The first-order chi connectivity index (χ1) is 9.08. The first-order valence-electron chi connectivity index (χ1n) is 6.34. The van der Waals surface area contributed by atoms with Gasteiger partial charge in [-0.25, -0.2) is 9.78 Å². The highest BCUT2D eigenvalue weighted by Crippen LogP contribution is 2.15. The number of nitrogens with one attached hydrogen (secondary N) is 1. The molecule has 0 radical (unpaired) electrons. The van der Waals surface area contributed by atoms with Crippen LogP contribution in [0, 0.1) is 0 Å². The highest BCUT2D eigenvalue weighted by Gasteiger charge is 2.17. The standard InChI is InChI=1S/C13H18N4O2/c1-10(18)16(2)12-6-5-11(9-14-12)15-13(19)17-7-3-4-8-17/h5-6,9H,3-4,7-8H2,1-2H3,(H,15,19). The number of rotatable bonds is 2. The third kappa shape index (κ3) is 3.21. The fraction of sp³-hybridized carbons (Fsp3) is 0.462. The van der Waals surface area contributed by atoms with Gasteiger partial charge in [0.2, 0.25) is 5.91 Å². The van der Waals surface area contributed by atoms with Gasteiger partial charge in [-0.3, -0.25) is 4.79 Å². The van der Waals surface area contributed by atoms with Crippen LogP contribution in [-0.4, -0.2) is 42.0 Å². The van der Waals surface area contributed by atoms with Crippen LogP contribution in [-0.2, 0) is 4.79 Å². The summed E-state index contributed by atoms with van der Waals surface area (Å²) in [7, 11) is 1.66. The van der Waals surface area contributed by atoms with Crippen LogP contribution in [0.4, 0.5) is 16.3 Å². The summed E-state index contributed by atoms with van der Waals surface area (Å²) in [6, 6.07) is 3.36. The molecular formula is C13H18N4O2. The predicted octanol–water partition coefficient (Wildman–Crippen LogP) is 1.69. The number of likely N-dealkylation sites (tertiary alicyclic amines) is 1. The van der Waals surface area contributed by atoms with Crippen molar-refractivity contribution in [3.05, 3.63) is 18.3 Å². The monoisotopic (exact) mass is 262 g/mol. The molecule has 1 aromatic rings. The van der Waals surface area contributed by atoms with Gasteiger partial charge in [0.15, 0.2) is 0 Å². The van der Waals surface area contributed by atoms with E-state index in [1.807, 2.05) is 0 Å². The summed E-state index contributed by atoms with van der Waals surface area (Å²) in [5.41, 5.74) is 0.637. The number of pyridine rings is 1. The third-order valence-electron chi connectivity index (χ3n) is 3.21. The first kappa shape index (κ1) is 13.3. The molecule has 2 rings (SSSR count). The average molecular weight is 262 g/mol. The van der Waals surface area contributed by atoms with Crippen LogP contribution in [0.25, 0.3) is 0 Å². The molecular weight excluding hydrogens is 244 g/mol. The van der Waals surface area contributed by atoms with Crippen LogP contribution in [0.1, 0.15) is 19.8 Å². The van der Waals surface area contributed by atoms with Crippen LogP contribution in [0.15, 0.2) is 18.3 Å². The van der Waals surface area contributed by atoms with Gasteiger partial charge in [0.1, 0.15) is 5.82 Å². The van der Waals surface area contributed by atoms with Crippen LogP contribution in [0.3, 0.4) is 0 Å². The zero-order valence-electron chi connectivity index (χ0n) is 11.2. The van der Waals surface area contributed by atoms with Crippen molar-refractivity contribution >= 4 is 23.4 Å². The zero-order chi connectivity index (χ0) is 13.8. The minimum Gasteiger partial charge on any atom is -0.325 e. The molecule has 0 spiro atoms. The van der Waals surface area contributed by atoms with Gasteiger partial charge in [-0.15, -0.1) is 0 Å². The summed E-state index contributed by atoms with van der Waals surface area (Å²) < 4.78 is 0. The maximum Gasteiger partial charge on any atom is 0.321 e. The molecule has 1 aliphatic rings. The number of amides is 3. The number of nitrogens with zero attached hydrogens (tertiary/aromatic N) is 3. The fourth-order valence-corrected chi connectivity index (χ4v) is 1.94. The van der Waals surface area contributed by atoms with E-state index in [1.165, 1.54) is 11.8 Å². The SMILES string of the molecule is CC(=O)N(C)c1ccc(NC(=O)N2CCCC2)cn1. The summed E-state index contributed by atoms with van der Waals surface area (Å²) in [6.07, 6.45) is 3.69. The second kappa shape index (κ2) is 5.69. The highest BCUT2D eigenvalue weighted by molar-refractivity contribution is 5.91. The molecule has 19 heavy (non-hydrogen) atoms. The van der Waals surface area contributed by atoms with Crippen LogP contribution < -0.4 is 10.2 Å². The quantitative estimate of drug-likeness (QED) is 0.882. The van der Waals surface area contributed by atoms with Crippen molar-refractivity contribution < 1.29 is 9.59 Å². The van der Waals surface area contributed by atoms with Crippen molar-refractivity contribution in [2.45, 2.75) is 19.8 Å². The fourth-order valence-electron chi connectivity index (χ4n) is 1.94. The molecule has 0 aromatic carbocycles. The molecule has 0 bridgehead atoms. The molecule has 3 amide bonds. The van der Waals surface area contributed by atoms with E-state index in [-0.39, 0.29) is 11.9 Å². The van der Waals surface area contributed by atoms with Crippen molar-refractivity contribution in [2.24, 2.45) is 0 Å². The van der Waals surface area contributed by atoms with Gasteiger partial charge in [-0.05, 0) is 25.0 Å². The number of carbonyl (C=O) groups is 2. The zero-order valence-corrected chi connectivity index (χ0v) is 11.2. The van der Waals surface area contributed by atoms with E-state index in [0.717, 1.165) is 25.9 Å². The molecule has 0 atom stereocenters. The van der Waals surface area contributed by atoms with Gasteiger partial charge < -0.3 is 15.1 Å². The number of anilines is 2. The smallest absolute Gasteiger partial charge is 0.321 e. The average Bonchev–Trinajstić information content (AvgIpc) is 2.92. The summed E-state index contributed by atoms with van der Waals surface area (Å²) >= 11 is 0. The lowest BCUT2D eigenvalue weighted by Crippen LogP contribution is -2.32. The van der Waals surface area contributed by atoms with E-state index < -0.39 is 0 Å². The predicted molar refractivity (Wildman–Crippen MR) is 73.1 cm³/mol. The molecule has 6 heteroatoms. The van der Waals surface area contributed by atoms with Crippen molar-refractivity contribution in [2.75, 3.05) is 30.4 Å². The van der Waals surface area contributed by atoms with Crippen molar-refractivity contribution in [1.82, 2.24) is 9.88 Å². The van der Waals surface area contributed by atoms with E-state index in [2.05, 4.69) is 10.3 Å². The summed E-state index contributed by atoms with van der Waals surface area (Å²) in [5, 5.41) is 2.80. The van der Waals surface area contributed by atoms with E-state index in [9.17, 15) is 9.59 Å². The van der Waals surface area contributed by atoms with Gasteiger partial charge >= 0.3 is 6.03 Å². The number of aromatic nitrogens is 1. The molecule has 1 aromatic heterocycles. The Morgan fingerprint density at radius 3 is 2.53 bits per heavy atom. The first-order valence-corrected chi connectivity index (χ1v) is 6.34. The highest BCUT2D eigenvalue weighted by atomic mass is 16.2. The molecule has 102 valence electrons. The van der Waals surface area contributed by atoms with Gasteiger partial charge in [0, 0.05) is 27.1 Å². The lowest BCUT2D eigenvalue weighted by atomic mass is 10.4. The lowest BCUT2D eigenvalue weighted by Gasteiger charge is -2.17. The lowest BCUT2D eigenvalue weighted by molar-refractivity contribution is -0.116. The number of hydrogen-bond donors (Lipinski definition) is 1. The molecule has 6 nitrogen and oxygen atoms in total. The molecule has 0 aliphatic carbocycles. The number of urea groups is 1. The third-order valence-corrected chi connectivity index (χ3v) is 3.21. The largest absolute Gasteiger partial charge is 0.325 e. The maximum absolute atomic E-state index is 11.9. The molecule has 1 saturated heterocycles. The Morgan fingerprint density at radius 1 is 1.32 bits per heavy atom. The van der Waals surface area contributed by atoms with Gasteiger partial charge in [-0.1, -0.05) is 0 Å². The maximum atomic E-state index is 11.9. The molecule has 1 N–H and O–H groups in total. The summed E-state index contributed by atoms with van der Waals surface area (Å²) in [4.78, 5) is 30.4. The Kier molecular flexibility index (Phi) is 3.99. The topological polar surface area (TPSA) is 65.5 Å². The molecule has 1 fully saturated rings. The minimum atomic E-state index is -0.0908. The molecule has 0 unspecified atom stereocenters. The van der Waals surface area contributed by atoms with Gasteiger partial charge in [-0.2, -0.15) is 0 Å². The van der Waals surface area contributed by atoms with Crippen molar-refractivity contribution in [3.8, 4) is 0 Å². The number of carbonyl (C=O) groups excluding carboxylic acids is 2.